The zero-order valence-corrected chi connectivity index (χ0v) is 41.2. The van der Waals surface area contributed by atoms with Crippen molar-refractivity contribution in [3.05, 3.63) is 110 Å². The third-order valence-electron chi connectivity index (χ3n) is 13.8. The molecule has 4 aromatic rings. The number of ether oxygens (including phenoxy) is 2. The molecular weight excluding hydrogens is 978 g/mol. The van der Waals surface area contributed by atoms with Crippen LogP contribution in [0.5, 0.6) is 0 Å². The second kappa shape index (κ2) is 22.8. The number of unbranched alkanes of at least 4 members (excludes halogenated alkanes) is 2. The van der Waals surface area contributed by atoms with Gasteiger partial charge in [0.15, 0.2) is 5.60 Å². The van der Waals surface area contributed by atoms with E-state index in [4.69, 9.17) is 14.5 Å². The molecule has 2 aromatic carbocycles. The number of esters is 1. The molecule has 75 heavy (non-hydrogen) atoms. The number of cyclic esters (lactones) is 1. The zero-order chi connectivity index (χ0) is 53.6. The first kappa shape index (κ1) is 53.0. The largest absolute Gasteiger partial charge is 0.458 e. The molecule has 2 aromatic heterocycles. The van der Waals surface area contributed by atoms with Crippen LogP contribution in [-0.2, 0) is 79.4 Å². The second-order valence-electron chi connectivity index (χ2n) is 18.6. The van der Waals surface area contributed by atoms with Crippen molar-refractivity contribution in [3.8, 4) is 11.4 Å². The summed E-state index contributed by atoms with van der Waals surface area (Å²) in [7, 11) is 0. The van der Waals surface area contributed by atoms with Gasteiger partial charge in [-0.15, -0.1) is 0 Å². The molecule has 0 bridgehead atoms. The predicted octanol–water partition coefficient (Wildman–Crippen LogP) is 0.918. The van der Waals surface area contributed by atoms with Crippen LogP contribution >= 0.6 is 0 Å². The Bertz CT molecular complexity index is 3090. The minimum atomic E-state index is -2.06. The maximum Gasteiger partial charge on any atom is 0.407 e. The molecule has 5 heterocycles. The number of aliphatic hydroxyl groups is 1. The maximum atomic E-state index is 15.4. The van der Waals surface area contributed by atoms with Crippen molar-refractivity contribution in [2.75, 3.05) is 39.3 Å². The fourth-order valence-corrected chi connectivity index (χ4v) is 9.77. The summed E-state index contributed by atoms with van der Waals surface area (Å²) in [6.45, 7) is 1.39. The number of alkyl carbamates (subject to hydrolysis) is 1. The van der Waals surface area contributed by atoms with Gasteiger partial charge in [-0.05, 0) is 67.3 Å². The highest BCUT2D eigenvalue weighted by atomic mass is 19.1. The standard InChI is InChI=1S/C52H56FN9O13/c1-3-52(73)33-21-38-47-31(26-62(38)49(70)32(33)27-75-50(52)71)46-35(14-13-30-28(2)34(53)22-36(59-47)45(30)46)60-51(72)74-19-17-54-40(64)24-57-48(69)37(20-29-10-6-4-7-11-29)58-42(66)25-56-41(65)23-55-39(63)12-8-5-9-18-61-43(67)15-16-44(61)68/h4,6-7,10-11,15-16,21-22,35,37,73H,3,5,8-9,12-14,17-20,23-27H2,1-2H3,(H,54,64)(H,55,63)(H,56,65)(H,57,69)(H,58,66)(H,60,72)/t35-,37-,52-/m0/s1. The van der Waals surface area contributed by atoms with Gasteiger partial charge in [0.2, 0.25) is 29.5 Å². The van der Waals surface area contributed by atoms with Crippen molar-refractivity contribution in [2.45, 2.75) is 96.1 Å². The van der Waals surface area contributed by atoms with Gasteiger partial charge in [-0.3, -0.25) is 43.3 Å². The van der Waals surface area contributed by atoms with Crippen LogP contribution in [0.25, 0.3) is 22.3 Å². The molecule has 3 atom stereocenters. The fourth-order valence-electron chi connectivity index (χ4n) is 9.77. The Hall–Kier alpha value is -8.34. The van der Waals surface area contributed by atoms with E-state index in [9.17, 15) is 53.1 Å². The third-order valence-corrected chi connectivity index (χ3v) is 13.8. The highest BCUT2D eigenvalue weighted by molar-refractivity contribution is 6.12. The Balaban J connectivity index is 0.805. The van der Waals surface area contributed by atoms with E-state index in [0.29, 0.717) is 82.2 Å². The van der Waals surface area contributed by atoms with E-state index in [-0.39, 0.29) is 75.1 Å². The van der Waals surface area contributed by atoms with Crippen molar-refractivity contribution < 1.29 is 62.1 Å². The van der Waals surface area contributed by atoms with Gasteiger partial charge < -0.3 is 51.0 Å². The van der Waals surface area contributed by atoms with E-state index in [2.05, 4.69) is 31.9 Å². The number of hydrogen-bond acceptors (Lipinski definition) is 14. The van der Waals surface area contributed by atoms with Gasteiger partial charge >= 0.3 is 12.1 Å². The van der Waals surface area contributed by atoms with Gasteiger partial charge in [0.25, 0.3) is 17.4 Å². The summed E-state index contributed by atoms with van der Waals surface area (Å²) in [5.41, 5.74) is 1.74. The van der Waals surface area contributed by atoms with Crippen LogP contribution in [0.1, 0.15) is 90.4 Å². The van der Waals surface area contributed by atoms with Crippen molar-refractivity contribution in [1.82, 2.24) is 46.4 Å². The topological polar surface area (TPSA) is 303 Å². The number of carbonyl (C=O) groups excluding carboxylic acids is 9. The number of imide groups is 1. The number of rotatable bonds is 21. The summed E-state index contributed by atoms with van der Waals surface area (Å²) < 4.78 is 27.5. The molecule has 0 spiro atoms. The van der Waals surface area contributed by atoms with E-state index in [1.165, 1.54) is 22.8 Å². The molecule has 22 nitrogen and oxygen atoms in total. The monoisotopic (exact) mass is 1030 g/mol. The molecular formula is C52H56FN9O13. The molecule has 0 unspecified atom stereocenters. The maximum absolute atomic E-state index is 15.4. The molecule has 0 fully saturated rings. The van der Waals surface area contributed by atoms with Crippen LogP contribution in [0, 0.1) is 12.7 Å². The number of aryl methyl sites for hydroxylation is 1. The third kappa shape index (κ3) is 11.6. The molecule has 1 aliphatic carbocycles. The Kier molecular flexibility index (Phi) is 16.1. The summed E-state index contributed by atoms with van der Waals surface area (Å²) in [5, 5.41) is 27.4. The van der Waals surface area contributed by atoms with Gasteiger partial charge in [0, 0.05) is 54.1 Å². The number of aromatic nitrogens is 2. The van der Waals surface area contributed by atoms with Crippen LogP contribution in [0.2, 0.25) is 0 Å². The average molecular weight is 1030 g/mol. The predicted molar refractivity (Wildman–Crippen MR) is 263 cm³/mol. The molecule has 8 amide bonds. The molecule has 7 N–H and O–H groups in total. The number of halogens is 1. The van der Waals surface area contributed by atoms with Crippen LogP contribution < -0.4 is 37.5 Å². The summed E-state index contributed by atoms with van der Waals surface area (Å²) in [6, 6.07) is 9.79. The number of carbonyl (C=O) groups is 9. The normalized spacial score (nSPS) is 17.3. The van der Waals surface area contributed by atoms with Crippen molar-refractivity contribution >= 4 is 64.3 Å². The Morgan fingerprint density at radius 2 is 1.59 bits per heavy atom. The Morgan fingerprint density at radius 3 is 2.33 bits per heavy atom. The molecule has 0 saturated carbocycles. The molecule has 4 aliphatic rings. The molecule has 394 valence electrons. The molecule has 0 radical (unpaired) electrons. The lowest BCUT2D eigenvalue weighted by molar-refractivity contribution is -0.172. The Morgan fingerprint density at radius 1 is 0.880 bits per heavy atom. The van der Waals surface area contributed by atoms with Gasteiger partial charge in [0.05, 0.1) is 61.2 Å². The van der Waals surface area contributed by atoms with Crippen LogP contribution in [-0.4, -0.2) is 118 Å². The number of amides is 8. The van der Waals surface area contributed by atoms with Crippen LogP contribution in [0.4, 0.5) is 9.18 Å². The van der Waals surface area contributed by atoms with Crippen LogP contribution in [0.15, 0.2) is 59.4 Å². The number of pyridine rings is 2. The smallest absolute Gasteiger partial charge is 0.407 e. The van der Waals surface area contributed by atoms with Crippen LogP contribution in [0.3, 0.4) is 0 Å². The highest BCUT2D eigenvalue weighted by Gasteiger charge is 2.46. The first-order chi connectivity index (χ1) is 36.0. The minimum Gasteiger partial charge on any atom is -0.458 e. The van der Waals surface area contributed by atoms with E-state index in [0.717, 1.165) is 4.90 Å². The lowest BCUT2D eigenvalue weighted by atomic mass is 9.81. The van der Waals surface area contributed by atoms with Gasteiger partial charge in [0.1, 0.15) is 25.1 Å². The number of fused-ring (bicyclic) bond motifs is 5. The number of nitrogens with zero attached hydrogens (tertiary/aromatic N) is 3. The molecule has 3 aliphatic heterocycles. The fraction of sp³-hybridized carbons (Fsp3) is 0.404. The number of nitrogens with one attached hydrogen (secondary N) is 6. The summed E-state index contributed by atoms with van der Waals surface area (Å²) in [5.74, 6) is -5.19. The van der Waals surface area contributed by atoms with Gasteiger partial charge in [-0.2, -0.15) is 0 Å². The summed E-state index contributed by atoms with van der Waals surface area (Å²) in [4.78, 5) is 133. The highest BCUT2D eigenvalue weighted by Crippen LogP contribution is 2.46. The molecule has 0 saturated heterocycles. The average Bonchev–Trinajstić information content (AvgIpc) is 3.98. The summed E-state index contributed by atoms with van der Waals surface area (Å²) in [6.07, 6.45) is 3.96. The SMILES string of the molecule is CC[C@@]1(O)C(=O)OCc2c1cc1n(c2=O)Cc2c-1nc1cc(F)c(C)c3c1c2[C@@H](NC(=O)OCCNC(=O)CNC(=O)[C@H](Cc1ccccc1)NC(=O)CNC(=O)CNC(=O)CCCCCN1C(=O)C=CC1=O)CC3. The van der Waals surface area contributed by atoms with Crippen molar-refractivity contribution in [2.24, 2.45) is 0 Å². The number of benzene rings is 2. The second-order valence-corrected chi connectivity index (χ2v) is 18.6. The Labute approximate surface area is 428 Å². The van der Waals surface area contributed by atoms with E-state index >= 15 is 4.39 Å². The summed E-state index contributed by atoms with van der Waals surface area (Å²) >= 11 is 0. The van der Waals surface area contributed by atoms with Gasteiger partial charge in [-0.25, -0.2) is 19.0 Å². The zero-order valence-electron chi connectivity index (χ0n) is 41.2. The van der Waals surface area contributed by atoms with Gasteiger partial charge in [-0.1, -0.05) is 43.7 Å². The lowest BCUT2D eigenvalue weighted by Gasteiger charge is -2.31. The number of hydrogen-bond donors (Lipinski definition) is 7. The van der Waals surface area contributed by atoms with E-state index in [1.807, 2.05) is 0 Å². The first-order valence-electron chi connectivity index (χ1n) is 24.7. The van der Waals surface area contributed by atoms with Crippen molar-refractivity contribution in [3.63, 3.8) is 0 Å². The van der Waals surface area contributed by atoms with Crippen molar-refractivity contribution in [1.29, 1.82) is 0 Å². The lowest BCUT2D eigenvalue weighted by Crippen LogP contribution is -2.52. The van der Waals surface area contributed by atoms with E-state index < -0.39 is 90.3 Å². The minimum absolute atomic E-state index is 0.0409. The molecule has 23 heteroatoms. The van der Waals surface area contributed by atoms with E-state index in [1.54, 1.807) is 50.2 Å². The first-order valence-corrected chi connectivity index (χ1v) is 24.7. The molecule has 8 rings (SSSR count). The quantitative estimate of drug-likeness (QED) is 0.0306.